The van der Waals surface area contributed by atoms with Gasteiger partial charge >= 0.3 is 11.7 Å². The van der Waals surface area contributed by atoms with Crippen LogP contribution >= 0.6 is 0 Å². The number of carbonyl (C=O) groups is 2. The van der Waals surface area contributed by atoms with Crippen molar-refractivity contribution < 1.29 is 24.1 Å². The molecule has 118 valence electrons. The highest BCUT2D eigenvalue weighted by Crippen LogP contribution is 2.40. The average molecular weight is 305 g/mol. The summed E-state index contributed by atoms with van der Waals surface area (Å²) in [4.78, 5) is 29.2. The van der Waals surface area contributed by atoms with Crippen molar-refractivity contribution in [2.75, 3.05) is 7.11 Å². The fourth-order valence-electron chi connectivity index (χ4n) is 2.77. The topological polar surface area (TPSA) is 78.7 Å². The largest absolute Gasteiger partial charge is 0.461 e. The first-order valence-electron chi connectivity index (χ1n) is 7.22. The van der Waals surface area contributed by atoms with Crippen LogP contribution in [0, 0.1) is 5.21 Å². The van der Waals surface area contributed by atoms with Crippen LogP contribution in [-0.4, -0.2) is 35.6 Å². The second kappa shape index (κ2) is 6.60. The number of hydrogen-bond acceptors (Lipinski definition) is 5. The predicted octanol–water partition coefficient (Wildman–Crippen LogP) is 1.97. The summed E-state index contributed by atoms with van der Waals surface area (Å²) in [5, 5.41) is 12.1. The highest BCUT2D eigenvalue weighted by molar-refractivity contribution is 6.37. The maximum absolute atomic E-state index is 12.1. The number of nitrogens with zero attached hydrogens (tertiary/aromatic N) is 1. The lowest BCUT2D eigenvalue weighted by Crippen LogP contribution is -2.41. The standard InChI is InChI=1S/C16H19NO5/c1-3-4-10-16(11-18)13(12-8-6-5-7-9-12)14(15(19)21-2)17(20)22-16/h5-9,11,13H,3-4,10H2,1-2H3/t13-,16-/m0/s1. The molecule has 0 radical (unpaired) electrons. The first-order chi connectivity index (χ1) is 10.6. The molecule has 0 aliphatic carbocycles. The summed E-state index contributed by atoms with van der Waals surface area (Å²) in [7, 11) is 1.19. The first-order valence-corrected chi connectivity index (χ1v) is 7.22. The maximum atomic E-state index is 12.1. The Labute approximate surface area is 128 Å². The van der Waals surface area contributed by atoms with Gasteiger partial charge in [-0.25, -0.2) is 4.79 Å². The molecule has 1 aliphatic heterocycles. The van der Waals surface area contributed by atoms with E-state index in [2.05, 4.69) is 4.74 Å². The molecule has 2 rings (SSSR count). The van der Waals surface area contributed by atoms with Gasteiger partial charge in [-0.3, -0.25) is 5.21 Å². The van der Waals surface area contributed by atoms with E-state index in [1.807, 2.05) is 13.0 Å². The van der Waals surface area contributed by atoms with Crippen molar-refractivity contribution in [3.8, 4) is 0 Å². The van der Waals surface area contributed by atoms with E-state index in [-0.39, 0.29) is 10.6 Å². The van der Waals surface area contributed by atoms with E-state index in [0.717, 1.165) is 6.42 Å². The number of carbonyl (C=O) groups excluding carboxylic acids is 2. The molecule has 0 amide bonds. The molecule has 0 N–H and O–H groups in total. The smallest absolute Gasteiger partial charge is 0.405 e. The minimum absolute atomic E-state index is 0.132. The van der Waals surface area contributed by atoms with Crippen LogP contribution in [0.5, 0.6) is 0 Å². The van der Waals surface area contributed by atoms with Crippen LogP contribution < -0.4 is 0 Å². The molecule has 0 bridgehead atoms. The number of rotatable bonds is 6. The second-order valence-corrected chi connectivity index (χ2v) is 5.25. The zero-order valence-corrected chi connectivity index (χ0v) is 12.7. The summed E-state index contributed by atoms with van der Waals surface area (Å²) in [5.41, 5.74) is -0.899. The Kier molecular flexibility index (Phi) is 4.80. The summed E-state index contributed by atoms with van der Waals surface area (Å²) >= 11 is 0. The molecule has 0 aromatic heterocycles. The van der Waals surface area contributed by atoms with Crippen LogP contribution in [0.3, 0.4) is 0 Å². The Morgan fingerprint density at radius 3 is 2.68 bits per heavy atom. The van der Waals surface area contributed by atoms with Crippen molar-refractivity contribution >= 4 is 18.0 Å². The molecule has 1 heterocycles. The zero-order chi connectivity index (χ0) is 16.2. The lowest BCUT2D eigenvalue weighted by molar-refractivity contribution is -0.747. The van der Waals surface area contributed by atoms with Gasteiger partial charge in [-0.15, -0.1) is 0 Å². The Morgan fingerprint density at radius 2 is 2.14 bits per heavy atom. The number of unbranched alkanes of at least 4 members (excludes halogenated alkanes) is 1. The average Bonchev–Trinajstić information content (AvgIpc) is 2.86. The molecule has 0 unspecified atom stereocenters. The van der Waals surface area contributed by atoms with Gasteiger partial charge < -0.3 is 14.4 Å². The number of esters is 1. The van der Waals surface area contributed by atoms with E-state index in [9.17, 15) is 14.8 Å². The van der Waals surface area contributed by atoms with Gasteiger partial charge in [-0.1, -0.05) is 50.1 Å². The van der Waals surface area contributed by atoms with Gasteiger partial charge in [-0.05, 0) is 12.0 Å². The lowest BCUT2D eigenvalue weighted by Gasteiger charge is -2.29. The quantitative estimate of drug-likeness (QED) is 0.456. The highest BCUT2D eigenvalue weighted by atomic mass is 16.9. The molecule has 6 heteroatoms. The third-order valence-electron chi connectivity index (χ3n) is 3.86. The van der Waals surface area contributed by atoms with Crippen molar-refractivity contribution in [2.45, 2.75) is 37.7 Å². The third kappa shape index (κ3) is 2.68. The van der Waals surface area contributed by atoms with Crippen LogP contribution in [0.15, 0.2) is 30.3 Å². The molecule has 1 aromatic carbocycles. The van der Waals surface area contributed by atoms with Gasteiger partial charge in [0.2, 0.25) is 0 Å². The molecule has 22 heavy (non-hydrogen) atoms. The molecule has 6 nitrogen and oxygen atoms in total. The number of hydrogen-bond donors (Lipinski definition) is 0. The van der Waals surface area contributed by atoms with Crippen LogP contribution in [0.1, 0.15) is 37.7 Å². The molecule has 0 spiro atoms. The number of methoxy groups -OCH3 is 1. The van der Waals surface area contributed by atoms with E-state index >= 15 is 0 Å². The van der Waals surface area contributed by atoms with Crippen molar-refractivity contribution in [1.29, 1.82) is 0 Å². The van der Waals surface area contributed by atoms with Gasteiger partial charge in [0, 0.05) is 0 Å². The van der Waals surface area contributed by atoms with Crippen molar-refractivity contribution in [2.24, 2.45) is 0 Å². The van der Waals surface area contributed by atoms with Crippen molar-refractivity contribution in [3.05, 3.63) is 41.1 Å². The molecule has 1 aromatic rings. The van der Waals surface area contributed by atoms with Crippen LogP contribution in [0.4, 0.5) is 0 Å². The Hall–Kier alpha value is -2.37. The van der Waals surface area contributed by atoms with Crippen LogP contribution in [-0.2, 0) is 19.2 Å². The van der Waals surface area contributed by atoms with Gasteiger partial charge in [0.25, 0.3) is 0 Å². The minimum Gasteiger partial charge on any atom is -0.461 e. The summed E-state index contributed by atoms with van der Waals surface area (Å²) in [6.45, 7) is 1.98. The fraction of sp³-hybridized carbons (Fsp3) is 0.438. The zero-order valence-electron chi connectivity index (χ0n) is 12.7. The van der Waals surface area contributed by atoms with E-state index in [1.54, 1.807) is 24.3 Å². The molecule has 1 aliphatic rings. The first kappa shape index (κ1) is 16.0. The molecular formula is C16H19NO5. The summed E-state index contributed by atoms with van der Waals surface area (Å²) < 4.78 is 4.69. The monoisotopic (exact) mass is 305 g/mol. The number of benzene rings is 1. The summed E-state index contributed by atoms with van der Waals surface area (Å²) in [6.07, 6.45) is 2.52. The van der Waals surface area contributed by atoms with Crippen molar-refractivity contribution in [3.63, 3.8) is 0 Å². The third-order valence-corrected chi connectivity index (χ3v) is 3.86. The fourth-order valence-corrected chi connectivity index (χ4v) is 2.77. The number of aldehydes is 1. The Bertz CT molecular complexity index is 583. The van der Waals surface area contributed by atoms with Gasteiger partial charge in [-0.2, -0.15) is 0 Å². The Morgan fingerprint density at radius 1 is 1.45 bits per heavy atom. The molecular weight excluding hydrogens is 286 g/mol. The van der Waals surface area contributed by atoms with Gasteiger partial charge in [0.15, 0.2) is 5.60 Å². The van der Waals surface area contributed by atoms with Crippen molar-refractivity contribution in [1.82, 2.24) is 0 Å². The molecule has 2 atom stereocenters. The van der Waals surface area contributed by atoms with Crippen LogP contribution in [0.25, 0.3) is 0 Å². The van der Waals surface area contributed by atoms with E-state index in [1.165, 1.54) is 7.11 Å². The lowest BCUT2D eigenvalue weighted by atomic mass is 9.77. The molecule has 0 saturated carbocycles. The van der Waals surface area contributed by atoms with E-state index in [0.29, 0.717) is 24.7 Å². The van der Waals surface area contributed by atoms with E-state index in [4.69, 9.17) is 4.84 Å². The maximum Gasteiger partial charge on any atom is 0.405 e. The highest BCUT2D eigenvalue weighted by Gasteiger charge is 2.55. The van der Waals surface area contributed by atoms with Gasteiger partial charge in [0.1, 0.15) is 12.2 Å². The normalized spacial score (nSPS) is 24.0. The minimum atomic E-state index is -1.37. The SMILES string of the molecule is CCCC[C@@]1(C=O)O[N+]([O-])=C(C(=O)OC)[C@@H]1c1ccccc1. The van der Waals surface area contributed by atoms with Gasteiger partial charge in [0.05, 0.1) is 12.0 Å². The Balaban J connectivity index is 2.53. The second-order valence-electron chi connectivity index (χ2n) is 5.25. The summed E-state index contributed by atoms with van der Waals surface area (Å²) in [6, 6.07) is 8.92. The summed E-state index contributed by atoms with van der Waals surface area (Å²) in [5.74, 6) is -1.56. The van der Waals surface area contributed by atoms with Crippen LogP contribution in [0.2, 0.25) is 0 Å². The number of ether oxygens (including phenoxy) is 1. The molecule has 0 saturated heterocycles. The predicted molar refractivity (Wildman–Crippen MR) is 79.2 cm³/mol. The van der Waals surface area contributed by atoms with E-state index < -0.39 is 17.5 Å². The molecule has 0 fully saturated rings.